The van der Waals surface area contributed by atoms with Crippen LogP contribution in [-0.4, -0.2) is 12.5 Å². The lowest BCUT2D eigenvalue weighted by Crippen LogP contribution is -2.18. The van der Waals surface area contributed by atoms with Gasteiger partial charge in [-0.25, -0.2) is 0 Å². The number of carbonyl (C=O) groups is 1. The van der Waals surface area contributed by atoms with E-state index in [1.54, 1.807) is 0 Å². The molecule has 1 amide bonds. The Hall–Kier alpha value is -1.51. The Labute approximate surface area is 137 Å². The van der Waals surface area contributed by atoms with Crippen LogP contribution < -0.4 is 10.1 Å². The summed E-state index contributed by atoms with van der Waals surface area (Å²) < 4.78 is 5.66. The van der Waals surface area contributed by atoms with Crippen molar-refractivity contribution >= 4 is 11.6 Å². The van der Waals surface area contributed by atoms with Crippen molar-refractivity contribution in [2.75, 3.05) is 11.9 Å². The van der Waals surface area contributed by atoms with Gasteiger partial charge in [0.2, 0.25) is 5.91 Å². The monoisotopic (exact) mass is 309 g/mol. The second-order valence-corrected chi connectivity index (χ2v) is 5.13. The second-order valence-electron chi connectivity index (χ2n) is 5.13. The Morgan fingerprint density at radius 2 is 1.82 bits per heavy atom. The number of fused-ring (bicyclic) bond motifs is 1. The van der Waals surface area contributed by atoms with E-state index in [1.165, 1.54) is 24.8 Å². The topological polar surface area (TPSA) is 38.3 Å². The lowest BCUT2D eigenvalue weighted by Gasteiger charge is -2.17. The van der Waals surface area contributed by atoms with E-state index < -0.39 is 0 Å². The zero-order chi connectivity index (χ0) is 16.8. The average molecular weight is 309 g/mol. The Kier molecular flexibility index (Phi) is 12.3. The van der Waals surface area contributed by atoms with Crippen molar-refractivity contribution in [3.8, 4) is 5.75 Å². The van der Waals surface area contributed by atoms with Gasteiger partial charge in [-0.15, -0.1) is 0 Å². The molecule has 3 nitrogen and oxygen atoms in total. The highest BCUT2D eigenvalue weighted by Crippen LogP contribution is 2.27. The van der Waals surface area contributed by atoms with Crippen LogP contribution in [0.3, 0.4) is 0 Å². The van der Waals surface area contributed by atoms with Crippen LogP contribution in [0.5, 0.6) is 5.75 Å². The van der Waals surface area contributed by atoms with Crippen LogP contribution >= 0.6 is 0 Å². The SMILES string of the molecule is CC.CCC.CCCCCOc1ccc2c(c1)NC(=O)CC2.[HH]. The molecule has 0 aliphatic carbocycles. The highest BCUT2D eigenvalue weighted by molar-refractivity contribution is 5.94. The number of anilines is 1. The Morgan fingerprint density at radius 1 is 1.14 bits per heavy atom. The zero-order valence-electron chi connectivity index (χ0n) is 15.0. The molecule has 1 N–H and O–H groups in total. The molecule has 3 heteroatoms. The van der Waals surface area contributed by atoms with Gasteiger partial charge in [0.25, 0.3) is 0 Å². The molecule has 0 saturated heterocycles. The van der Waals surface area contributed by atoms with Gasteiger partial charge in [0.05, 0.1) is 6.61 Å². The molecule has 2 rings (SSSR count). The number of unbranched alkanes of at least 4 members (excludes halogenated alkanes) is 2. The second kappa shape index (κ2) is 13.2. The summed E-state index contributed by atoms with van der Waals surface area (Å²) in [6.07, 6.45) is 6.15. The van der Waals surface area contributed by atoms with Crippen molar-refractivity contribution in [1.82, 2.24) is 0 Å². The molecule has 0 spiro atoms. The van der Waals surface area contributed by atoms with Gasteiger partial charge >= 0.3 is 0 Å². The first-order chi connectivity index (χ1) is 10.7. The van der Waals surface area contributed by atoms with Gasteiger partial charge in [-0.1, -0.05) is 59.9 Å². The molecule has 1 aromatic rings. The van der Waals surface area contributed by atoms with Gasteiger partial charge in [0, 0.05) is 19.6 Å². The van der Waals surface area contributed by atoms with Crippen LogP contribution in [0.15, 0.2) is 18.2 Å². The van der Waals surface area contributed by atoms with E-state index in [0.29, 0.717) is 6.42 Å². The first-order valence-electron chi connectivity index (χ1n) is 8.76. The fraction of sp³-hybridized carbons (Fsp3) is 0.632. The first-order valence-corrected chi connectivity index (χ1v) is 8.76. The fourth-order valence-electron chi connectivity index (χ4n) is 1.98. The predicted molar refractivity (Wildman–Crippen MR) is 97.8 cm³/mol. The van der Waals surface area contributed by atoms with Crippen molar-refractivity contribution in [2.24, 2.45) is 0 Å². The number of benzene rings is 1. The van der Waals surface area contributed by atoms with Crippen molar-refractivity contribution in [2.45, 2.75) is 73.1 Å². The Bertz CT molecular complexity index is 422. The zero-order valence-corrected chi connectivity index (χ0v) is 15.0. The lowest BCUT2D eigenvalue weighted by molar-refractivity contribution is -0.116. The van der Waals surface area contributed by atoms with Gasteiger partial charge in [0.15, 0.2) is 0 Å². The summed E-state index contributed by atoms with van der Waals surface area (Å²) in [5.41, 5.74) is 2.11. The van der Waals surface area contributed by atoms with E-state index in [1.807, 2.05) is 32.0 Å². The van der Waals surface area contributed by atoms with Crippen LogP contribution in [0.2, 0.25) is 0 Å². The number of amides is 1. The minimum atomic E-state index is 0. The molecule has 0 aromatic heterocycles. The van der Waals surface area contributed by atoms with Crippen LogP contribution in [0.25, 0.3) is 0 Å². The fourth-order valence-corrected chi connectivity index (χ4v) is 1.98. The first kappa shape index (κ1) is 20.5. The summed E-state index contributed by atoms with van der Waals surface area (Å²) in [5, 5.41) is 2.88. The smallest absolute Gasteiger partial charge is 0.224 e. The lowest BCUT2D eigenvalue weighted by atomic mass is 10.0. The maximum Gasteiger partial charge on any atom is 0.224 e. The van der Waals surface area contributed by atoms with Gasteiger partial charge in [-0.05, 0) is 24.5 Å². The standard InChI is InChI=1S/C14H19NO2.C3H8.C2H6.H2/c1-2-3-4-9-17-12-7-5-11-6-8-14(16)15-13(11)10-12;1-3-2;1-2;/h5,7,10H,2-4,6,8-9H2,1H3,(H,15,16);3H2,1-2H3;1-2H3;1H. The van der Waals surface area contributed by atoms with Crippen LogP contribution in [0.1, 0.15) is 73.7 Å². The number of rotatable bonds is 5. The van der Waals surface area contributed by atoms with E-state index in [4.69, 9.17) is 4.74 Å². The highest BCUT2D eigenvalue weighted by Gasteiger charge is 2.14. The van der Waals surface area contributed by atoms with E-state index in [9.17, 15) is 4.79 Å². The summed E-state index contributed by atoms with van der Waals surface area (Å²) in [6, 6.07) is 5.96. The van der Waals surface area contributed by atoms with E-state index >= 15 is 0 Å². The number of aryl methyl sites for hydroxylation is 1. The maximum atomic E-state index is 11.3. The molecular formula is C19H35NO2. The summed E-state index contributed by atoms with van der Waals surface area (Å²) in [4.78, 5) is 11.3. The average Bonchev–Trinajstić information content (AvgIpc) is 2.54. The minimum Gasteiger partial charge on any atom is -0.494 e. The predicted octanol–water partition coefficient (Wildman–Crippen LogP) is 5.83. The number of nitrogens with one attached hydrogen (secondary N) is 1. The van der Waals surface area contributed by atoms with Crippen LogP contribution in [0.4, 0.5) is 5.69 Å². The molecule has 0 radical (unpaired) electrons. The number of hydrogen-bond acceptors (Lipinski definition) is 2. The van der Waals surface area contributed by atoms with Gasteiger partial charge in [-0.3, -0.25) is 4.79 Å². The van der Waals surface area contributed by atoms with E-state index in [0.717, 1.165) is 30.9 Å². The van der Waals surface area contributed by atoms with Crippen molar-refractivity contribution in [1.29, 1.82) is 0 Å². The van der Waals surface area contributed by atoms with Crippen molar-refractivity contribution < 1.29 is 11.0 Å². The Morgan fingerprint density at radius 3 is 2.45 bits per heavy atom. The molecule has 0 saturated carbocycles. The number of carbonyl (C=O) groups excluding carboxylic acids is 1. The summed E-state index contributed by atoms with van der Waals surface area (Å²) in [5.74, 6) is 0.947. The highest BCUT2D eigenvalue weighted by atomic mass is 16.5. The molecule has 1 aliphatic rings. The number of hydrogen-bond donors (Lipinski definition) is 1. The Balaban J connectivity index is 0. The quantitative estimate of drug-likeness (QED) is 0.695. The van der Waals surface area contributed by atoms with E-state index in [2.05, 4.69) is 26.1 Å². The molecule has 0 unspecified atom stereocenters. The van der Waals surface area contributed by atoms with Gasteiger partial charge < -0.3 is 10.1 Å². The molecule has 1 aliphatic heterocycles. The largest absolute Gasteiger partial charge is 0.494 e. The van der Waals surface area contributed by atoms with E-state index in [-0.39, 0.29) is 7.33 Å². The van der Waals surface area contributed by atoms with Crippen molar-refractivity contribution in [3.63, 3.8) is 0 Å². The molecule has 0 bridgehead atoms. The van der Waals surface area contributed by atoms with Crippen molar-refractivity contribution in [3.05, 3.63) is 23.8 Å². The molecule has 22 heavy (non-hydrogen) atoms. The van der Waals surface area contributed by atoms with Gasteiger partial charge in [-0.2, -0.15) is 0 Å². The summed E-state index contributed by atoms with van der Waals surface area (Å²) >= 11 is 0. The molecule has 128 valence electrons. The molecule has 0 atom stereocenters. The maximum absolute atomic E-state index is 11.3. The summed E-state index contributed by atoms with van der Waals surface area (Å²) in [6.45, 7) is 11.2. The van der Waals surface area contributed by atoms with Crippen LogP contribution in [0, 0.1) is 0 Å². The minimum absolute atomic E-state index is 0. The third kappa shape index (κ3) is 8.06. The van der Waals surface area contributed by atoms with Crippen LogP contribution in [-0.2, 0) is 11.2 Å². The normalized spacial score (nSPS) is 12.0. The molecular weight excluding hydrogens is 274 g/mol. The molecule has 1 heterocycles. The summed E-state index contributed by atoms with van der Waals surface area (Å²) in [7, 11) is 0. The number of ether oxygens (including phenoxy) is 1. The van der Waals surface area contributed by atoms with Gasteiger partial charge in [0.1, 0.15) is 5.75 Å². The third-order valence-electron chi connectivity index (χ3n) is 2.99. The third-order valence-corrected chi connectivity index (χ3v) is 2.99. The molecule has 0 fully saturated rings. The molecule has 1 aromatic carbocycles.